The number of carbonyl (C=O) groups excluding carboxylic acids is 1. The minimum atomic E-state index is -0.502. The van der Waals surface area contributed by atoms with Crippen molar-refractivity contribution in [2.24, 2.45) is 0 Å². The van der Waals surface area contributed by atoms with Crippen molar-refractivity contribution in [3.8, 4) is 5.75 Å². The third-order valence-electron chi connectivity index (χ3n) is 3.58. The number of carbonyl (C=O) groups is 1. The zero-order chi connectivity index (χ0) is 16.2. The Hall–Kier alpha value is -3.09. The van der Waals surface area contributed by atoms with Gasteiger partial charge in [0.25, 0.3) is 5.69 Å². The Bertz CT molecular complexity index is 748. The Balaban J connectivity index is 1.69. The smallest absolute Gasteiger partial charge is 0.319 e. The van der Waals surface area contributed by atoms with Crippen molar-refractivity contribution in [3.05, 3.63) is 64.2 Å². The van der Waals surface area contributed by atoms with E-state index in [0.717, 1.165) is 11.3 Å². The van der Waals surface area contributed by atoms with Crippen LogP contribution >= 0.6 is 0 Å². The van der Waals surface area contributed by atoms with Crippen molar-refractivity contribution in [2.45, 2.75) is 12.5 Å². The van der Waals surface area contributed by atoms with Crippen molar-refractivity contribution in [3.63, 3.8) is 0 Å². The Morgan fingerprint density at radius 3 is 2.87 bits per heavy atom. The van der Waals surface area contributed by atoms with Crippen LogP contribution in [0.15, 0.2) is 48.5 Å². The molecule has 1 aliphatic rings. The van der Waals surface area contributed by atoms with Crippen LogP contribution < -0.4 is 15.4 Å². The molecule has 1 aliphatic heterocycles. The van der Waals surface area contributed by atoms with E-state index in [4.69, 9.17) is 4.74 Å². The predicted molar refractivity (Wildman–Crippen MR) is 84.5 cm³/mol. The number of amides is 2. The summed E-state index contributed by atoms with van der Waals surface area (Å²) < 4.78 is 5.55. The molecule has 0 spiro atoms. The summed E-state index contributed by atoms with van der Waals surface area (Å²) in [6.45, 7) is 0.527. The average molecular weight is 313 g/mol. The van der Waals surface area contributed by atoms with E-state index in [1.807, 2.05) is 24.3 Å². The third kappa shape index (κ3) is 3.39. The highest BCUT2D eigenvalue weighted by atomic mass is 16.6. The molecular formula is C16H15N3O4. The summed E-state index contributed by atoms with van der Waals surface area (Å²) in [4.78, 5) is 22.4. The molecule has 2 aromatic rings. The minimum absolute atomic E-state index is 0.0702. The second kappa shape index (κ2) is 6.35. The number of hydrogen-bond donors (Lipinski definition) is 2. The Kier molecular flexibility index (Phi) is 4.09. The van der Waals surface area contributed by atoms with Crippen molar-refractivity contribution in [2.75, 3.05) is 11.9 Å². The van der Waals surface area contributed by atoms with Gasteiger partial charge in [-0.15, -0.1) is 0 Å². The van der Waals surface area contributed by atoms with Crippen LogP contribution in [0.2, 0.25) is 0 Å². The number of anilines is 1. The first-order chi connectivity index (χ1) is 11.1. The summed E-state index contributed by atoms with van der Waals surface area (Å²) in [6, 6.07) is 12.8. The number of nitrogens with zero attached hydrogens (tertiary/aromatic N) is 1. The van der Waals surface area contributed by atoms with Crippen molar-refractivity contribution in [1.82, 2.24) is 5.32 Å². The first kappa shape index (κ1) is 14.8. The van der Waals surface area contributed by atoms with Crippen LogP contribution in [0, 0.1) is 10.1 Å². The van der Waals surface area contributed by atoms with E-state index >= 15 is 0 Å². The van der Waals surface area contributed by atoms with Crippen LogP contribution in [0.25, 0.3) is 0 Å². The van der Waals surface area contributed by atoms with Crippen LogP contribution in [0.3, 0.4) is 0 Å². The van der Waals surface area contributed by atoms with Crippen LogP contribution in [0.4, 0.5) is 16.2 Å². The molecule has 2 N–H and O–H groups in total. The lowest BCUT2D eigenvalue weighted by Gasteiger charge is -2.26. The number of non-ortho nitro benzene ring substituents is 1. The van der Waals surface area contributed by atoms with Gasteiger partial charge in [-0.1, -0.05) is 24.3 Å². The van der Waals surface area contributed by atoms with Crippen LogP contribution in [-0.2, 0) is 0 Å². The predicted octanol–water partition coefficient (Wildman–Crippen LogP) is 3.24. The van der Waals surface area contributed by atoms with Gasteiger partial charge in [0, 0.05) is 29.8 Å². The van der Waals surface area contributed by atoms with Gasteiger partial charge in [-0.25, -0.2) is 4.79 Å². The van der Waals surface area contributed by atoms with Gasteiger partial charge in [-0.2, -0.15) is 0 Å². The maximum absolute atomic E-state index is 12.1. The van der Waals surface area contributed by atoms with Crippen molar-refractivity contribution < 1.29 is 14.5 Å². The van der Waals surface area contributed by atoms with Crippen LogP contribution in [0.1, 0.15) is 18.0 Å². The van der Waals surface area contributed by atoms with E-state index in [9.17, 15) is 14.9 Å². The van der Waals surface area contributed by atoms with E-state index < -0.39 is 11.0 Å². The molecule has 1 heterocycles. The molecule has 1 atom stereocenters. The summed E-state index contributed by atoms with van der Waals surface area (Å²) >= 11 is 0. The number of ether oxygens (including phenoxy) is 1. The monoisotopic (exact) mass is 313 g/mol. The summed E-state index contributed by atoms with van der Waals surface area (Å²) in [5.74, 6) is 0.763. The maximum Gasteiger partial charge on any atom is 0.319 e. The molecule has 0 aromatic heterocycles. The number of urea groups is 1. The lowest BCUT2D eigenvalue weighted by molar-refractivity contribution is -0.384. The average Bonchev–Trinajstić information content (AvgIpc) is 2.55. The fourth-order valence-electron chi connectivity index (χ4n) is 2.51. The molecular weight excluding hydrogens is 298 g/mol. The van der Waals surface area contributed by atoms with E-state index in [1.165, 1.54) is 18.2 Å². The molecule has 0 bridgehead atoms. The Morgan fingerprint density at radius 2 is 2.04 bits per heavy atom. The van der Waals surface area contributed by atoms with E-state index in [0.29, 0.717) is 18.7 Å². The molecule has 0 saturated carbocycles. The van der Waals surface area contributed by atoms with Gasteiger partial charge in [-0.05, 0) is 12.1 Å². The van der Waals surface area contributed by atoms with Crippen molar-refractivity contribution >= 4 is 17.4 Å². The van der Waals surface area contributed by atoms with Gasteiger partial charge in [0.1, 0.15) is 5.75 Å². The number of fused-ring (bicyclic) bond motifs is 1. The summed E-state index contributed by atoms with van der Waals surface area (Å²) in [6.07, 6.45) is 0.666. The third-order valence-corrected chi connectivity index (χ3v) is 3.58. The van der Waals surface area contributed by atoms with Gasteiger partial charge in [-0.3, -0.25) is 10.1 Å². The number of hydrogen-bond acceptors (Lipinski definition) is 4. The number of para-hydroxylation sites is 1. The van der Waals surface area contributed by atoms with E-state index in [-0.39, 0.29) is 11.7 Å². The number of rotatable bonds is 3. The molecule has 0 fully saturated rings. The van der Waals surface area contributed by atoms with Crippen LogP contribution in [0.5, 0.6) is 5.75 Å². The van der Waals surface area contributed by atoms with Gasteiger partial charge < -0.3 is 15.4 Å². The fourth-order valence-corrected chi connectivity index (χ4v) is 2.51. The zero-order valence-electron chi connectivity index (χ0n) is 12.2. The molecule has 2 aromatic carbocycles. The highest BCUT2D eigenvalue weighted by Crippen LogP contribution is 2.31. The number of nitro benzene ring substituents is 1. The molecule has 7 heteroatoms. The van der Waals surface area contributed by atoms with E-state index in [2.05, 4.69) is 10.6 Å². The Morgan fingerprint density at radius 1 is 1.22 bits per heavy atom. The molecule has 0 aliphatic carbocycles. The number of nitrogens with one attached hydrogen (secondary N) is 2. The largest absolute Gasteiger partial charge is 0.493 e. The molecule has 23 heavy (non-hydrogen) atoms. The Labute approximate surface area is 132 Å². The standard InChI is InChI=1S/C16H15N3O4/c20-16(17-11-4-3-5-12(10-11)19(21)22)18-14-8-9-23-15-7-2-1-6-13(14)15/h1-7,10,14H,8-9H2,(H2,17,18,20)/t14-/m1/s1. The molecule has 0 unspecified atom stereocenters. The van der Waals surface area contributed by atoms with Crippen LogP contribution in [-0.4, -0.2) is 17.6 Å². The quantitative estimate of drug-likeness (QED) is 0.672. The number of nitro groups is 1. The maximum atomic E-state index is 12.1. The molecule has 118 valence electrons. The highest BCUT2D eigenvalue weighted by molar-refractivity contribution is 5.90. The first-order valence-electron chi connectivity index (χ1n) is 7.17. The van der Waals surface area contributed by atoms with E-state index in [1.54, 1.807) is 6.07 Å². The second-order valence-corrected chi connectivity index (χ2v) is 5.13. The van der Waals surface area contributed by atoms with Crippen molar-refractivity contribution in [1.29, 1.82) is 0 Å². The molecule has 2 amide bonds. The first-order valence-corrected chi connectivity index (χ1v) is 7.17. The molecule has 0 radical (unpaired) electrons. The summed E-state index contributed by atoms with van der Waals surface area (Å²) in [7, 11) is 0. The van der Waals surface area contributed by atoms with Gasteiger partial charge >= 0.3 is 6.03 Å². The summed E-state index contributed by atoms with van der Waals surface area (Å²) in [5, 5.41) is 16.2. The normalized spacial score (nSPS) is 15.9. The topological polar surface area (TPSA) is 93.5 Å². The highest BCUT2D eigenvalue weighted by Gasteiger charge is 2.22. The fraction of sp³-hybridized carbons (Fsp3) is 0.188. The van der Waals surface area contributed by atoms with Gasteiger partial charge in [0.05, 0.1) is 17.6 Å². The zero-order valence-corrected chi connectivity index (χ0v) is 12.2. The second-order valence-electron chi connectivity index (χ2n) is 5.13. The minimum Gasteiger partial charge on any atom is -0.493 e. The summed E-state index contributed by atoms with van der Waals surface area (Å²) in [5.41, 5.74) is 1.23. The van der Waals surface area contributed by atoms with Gasteiger partial charge in [0.2, 0.25) is 0 Å². The molecule has 0 saturated heterocycles. The lowest BCUT2D eigenvalue weighted by atomic mass is 10.0. The molecule has 3 rings (SSSR count). The SMILES string of the molecule is O=C(Nc1cccc([N+](=O)[O-])c1)N[C@@H]1CCOc2ccccc21. The van der Waals surface area contributed by atoms with Gasteiger partial charge in [0.15, 0.2) is 0 Å². The lowest BCUT2D eigenvalue weighted by Crippen LogP contribution is -2.35. The molecule has 7 nitrogen and oxygen atoms in total. The number of benzene rings is 2.